The lowest BCUT2D eigenvalue weighted by atomic mass is 9.94. The van der Waals surface area contributed by atoms with Gasteiger partial charge in [-0.1, -0.05) is 68.7 Å². The first-order valence-electron chi connectivity index (χ1n) is 12.7. The molecule has 2 aromatic heterocycles. The van der Waals surface area contributed by atoms with E-state index in [2.05, 4.69) is 48.8 Å². The molecule has 2 heterocycles. The lowest BCUT2D eigenvalue weighted by Gasteiger charge is -2.26. The SMILES string of the molecule is CCCCc1c(Cc2ccc(-c3ccccc3C#N)cc2)c(=O)n(C2C[CH]CCC2)c2ccnn12. The van der Waals surface area contributed by atoms with E-state index >= 15 is 0 Å². The maximum absolute atomic E-state index is 14.0. The van der Waals surface area contributed by atoms with Crippen LogP contribution in [0, 0.1) is 17.8 Å². The number of aromatic nitrogens is 3. The summed E-state index contributed by atoms with van der Waals surface area (Å²) in [6.45, 7) is 2.18. The van der Waals surface area contributed by atoms with Crippen molar-refractivity contribution in [3.05, 3.63) is 100.0 Å². The van der Waals surface area contributed by atoms with E-state index in [1.165, 1.54) is 0 Å². The van der Waals surface area contributed by atoms with Crippen LogP contribution in [0.15, 0.2) is 65.6 Å². The predicted octanol–water partition coefficient (Wildman–Crippen LogP) is 6.29. The van der Waals surface area contributed by atoms with Crippen molar-refractivity contribution in [2.24, 2.45) is 0 Å². The third kappa shape index (κ3) is 4.53. The molecule has 2 aromatic carbocycles. The number of hydrogen-bond acceptors (Lipinski definition) is 3. The molecule has 1 radical (unpaired) electrons. The summed E-state index contributed by atoms with van der Waals surface area (Å²) in [7, 11) is 0. The standard InChI is InChI=1S/C30H31N4O/c1-2-3-13-28-27(20-22-14-16-23(17-15-22)26-12-8-7-9-24(26)21-31)30(35)33(25-10-5-4-6-11-25)29-18-19-32-34(28)29/h5,7-9,12,14-19,25H,2-4,6,10-11,13,20H2,1H3. The predicted molar refractivity (Wildman–Crippen MR) is 139 cm³/mol. The molecule has 5 nitrogen and oxygen atoms in total. The van der Waals surface area contributed by atoms with Crippen molar-refractivity contribution in [2.45, 2.75) is 64.3 Å². The van der Waals surface area contributed by atoms with Gasteiger partial charge in [-0.05, 0) is 54.9 Å². The molecule has 1 saturated carbocycles. The third-order valence-corrected chi connectivity index (χ3v) is 7.16. The molecule has 1 unspecified atom stereocenters. The van der Waals surface area contributed by atoms with E-state index in [0.717, 1.165) is 78.5 Å². The molecule has 177 valence electrons. The van der Waals surface area contributed by atoms with Crippen LogP contribution >= 0.6 is 0 Å². The van der Waals surface area contributed by atoms with Crippen LogP contribution in [0.2, 0.25) is 0 Å². The molecule has 35 heavy (non-hydrogen) atoms. The fourth-order valence-electron chi connectivity index (χ4n) is 5.32. The molecule has 5 rings (SSSR count). The molecule has 1 atom stereocenters. The van der Waals surface area contributed by atoms with Gasteiger partial charge < -0.3 is 0 Å². The third-order valence-electron chi connectivity index (χ3n) is 7.16. The van der Waals surface area contributed by atoms with Crippen LogP contribution in [-0.4, -0.2) is 14.2 Å². The van der Waals surface area contributed by atoms with Crippen LogP contribution in [0.3, 0.4) is 0 Å². The van der Waals surface area contributed by atoms with Crippen LogP contribution in [0.5, 0.6) is 0 Å². The summed E-state index contributed by atoms with van der Waals surface area (Å²) in [6.07, 6.45) is 11.8. The van der Waals surface area contributed by atoms with Gasteiger partial charge in [0.2, 0.25) is 0 Å². The molecular weight excluding hydrogens is 432 g/mol. The summed E-state index contributed by atoms with van der Waals surface area (Å²) < 4.78 is 4.02. The number of rotatable bonds is 7. The highest BCUT2D eigenvalue weighted by Gasteiger charge is 2.24. The normalized spacial score (nSPS) is 14.3. The fraction of sp³-hybridized carbons (Fsp3) is 0.333. The monoisotopic (exact) mass is 463 g/mol. The van der Waals surface area contributed by atoms with Crippen LogP contribution in [-0.2, 0) is 12.8 Å². The van der Waals surface area contributed by atoms with Crippen molar-refractivity contribution in [3.8, 4) is 17.2 Å². The zero-order chi connectivity index (χ0) is 24.2. The molecule has 0 N–H and O–H groups in total. The first-order valence-corrected chi connectivity index (χ1v) is 12.7. The van der Waals surface area contributed by atoms with E-state index in [9.17, 15) is 10.1 Å². The number of aryl methyl sites for hydroxylation is 1. The lowest BCUT2D eigenvalue weighted by Crippen LogP contribution is -2.33. The zero-order valence-corrected chi connectivity index (χ0v) is 20.3. The molecular formula is C30H31N4O. The van der Waals surface area contributed by atoms with Crippen molar-refractivity contribution in [3.63, 3.8) is 0 Å². The van der Waals surface area contributed by atoms with E-state index in [0.29, 0.717) is 12.0 Å². The Balaban J connectivity index is 1.57. The second-order valence-corrected chi connectivity index (χ2v) is 9.45. The van der Waals surface area contributed by atoms with Crippen LogP contribution in [0.1, 0.15) is 73.9 Å². The van der Waals surface area contributed by atoms with Gasteiger partial charge in [0, 0.05) is 24.1 Å². The van der Waals surface area contributed by atoms with E-state index in [1.807, 2.05) is 45.6 Å². The molecule has 0 saturated heterocycles. The minimum Gasteiger partial charge on any atom is -0.290 e. The largest absolute Gasteiger partial charge is 0.290 e. The van der Waals surface area contributed by atoms with Crippen molar-refractivity contribution < 1.29 is 0 Å². The van der Waals surface area contributed by atoms with E-state index in [-0.39, 0.29) is 11.6 Å². The van der Waals surface area contributed by atoms with Gasteiger partial charge in [-0.3, -0.25) is 9.36 Å². The molecule has 1 aliphatic carbocycles. The summed E-state index contributed by atoms with van der Waals surface area (Å²) in [5, 5.41) is 14.1. The first kappa shape index (κ1) is 23.1. The Morgan fingerprint density at radius 2 is 1.94 bits per heavy atom. The minimum atomic E-state index is 0.128. The van der Waals surface area contributed by atoms with Gasteiger partial charge in [-0.2, -0.15) is 10.4 Å². The Kier molecular flexibility index (Phi) is 6.81. The van der Waals surface area contributed by atoms with E-state index in [1.54, 1.807) is 0 Å². The Bertz CT molecular complexity index is 1420. The summed E-state index contributed by atoms with van der Waals surface area (Å²) in [5.41, 5.74) is 6.62. The topological polar surface area (TPSA) is 63.1 Å². The maximum atomic E-state index is 14.0. The molecule has 5 heteroatoms. The molecule has 1 aliphatic rings. The van der Waals surface area contributed by atoms with Gasteiger partial charge in [0.15, 0.2) is 0 Å². The van der Waals surface area contributed by atoms with Gasteiger partial charge in [-0.25, -0.2) is 4.52 Å². The van der Waals surface area contributed by atoms with Gasteiger partial charge in [0.05, 0.1) is 23.5 Å². The Labute approximate surface area is 206 Å². The summed E-state index contributed by atoms with van der Waals surface area (Å²) in [6, 6.07) is 20.4. The van der Waals surface area contributed by atoms with Crippen molar-refractivity contribution in [1.82, 2.24) is 14.2 Å². The number of nitrogens with zero attached hydrogens (tertiary/aromatic N) is 4. The van der Waals surface area contributed by atoms with Crippen molar-refractivity contribution >= 4 is 5.65 Å². The molecule has 0 aliphatic heterocycles. The number of hydrogen-bond donors (Lipinski definition) is 0. The summed E-state index contributed by atoms with van der Waals surface area (Å²) >= 11 is 0. The minimum absolute atomic E-state index is 0.128. The molecule has 4 aromatic rings. The van der Waals surface area contributed by atoms with Gasteiger partial charge in [0.25, 0.3) is 5.56 Å². The number of fused-ring (bicyclic) bond motifs is 1. The van der Waals surface area contributed by atoms with Crippen LogP contribution < -0.4 is 5.56 Å². The first-order chi connectivity index (χ1) is 17.2. The van der Waals surface area contributed by atoms with E-state index in [4.69, 9.17) is 0 Å². The zero-order valence-electron chi connectivity index (χ0n) is 20.3. The number of benzene rings is 2. The van der Waals surface area contributed by atoms with E-state index < -0.39 is 0 Å². The highest BCUT2D eigenvalue weighted by Crippen LogP contribution is 2.29. The van der Waals surface area contributed by atoms with Gasteiger partial charge in [-0.15, -0.1) is 0 Å². The van der Waals surface area contributed by atoms with Crippen LogP contribution in [0.4, 0.5) is 0 Å². The van der Waals surface area contributed by atoms with Gasteiger partial charge >= 0.3 is 0 Å². The Hall–Kier alpha value is -3.65. The summed E-state index contributed by atoms with van der Waals surface area (Å²) in [5.74, 6) is 0. The highest BCUT2D eigenvalue weighted by atomic mass is 16.1. The second kappa shape index (κ2) is 10.3. The average molecular weight is 464 g/mol. The Morgan fingerprint density at radius 3 is 2.69 bits per heavy atom. The quantitative estimate of drug-likeness (QED) is 0.324. The Morgan fingerprint density at radius 1 is 1.11 bits per heavy atom. The van der Waals surface area contributed by atoms with Crippen molar-refractivity contribution in [1.29, 1.82) is 5.26 Å². The molecule has 0 amide bonds. The average Bonchev–Trinajstić information content (AvgIpc) is 3.39. The smallest absolute Gasteiger partial charge is 0.257 e. The number of unbranched alkanes of at least 4 members (excludes halogenated alkanes) is 1. The maximum Gasteiger partial charge on any atom is 0.257 e. The molecule has 1 fully saturated rings. The van der Waals surface area contributed by atoms with Gasteiger partial charge in [0.1, 0.15) is 5.65 Å². The summed E-state index contributed by atoms with van der Waals surface area (Å²) in [4.78, 5) is 14.0. The van der Waals surface area contributed by atoms with Crippen LogP contribution in [0.25, 0.3) is 16.8 Å². The van der Waals surface area contributed by atoms with Crippen molar-refractivity contribution in [2.75, 3.05) is 0 Å². The fourth-order valence-corrected chi connectivity index (χ4v) is 5.32. The second-order valence-electron chi connectivity index (χ2n) is 9.45. The lowest BCUT2D eigenvalue weighted by molar-refractivity contribution is 0.397. The molecule has 0 bridgehead atoms. The molecule has 0 spiro atoms. The highest BCUT2D eigenvalue weighted by molar-refractivity contribution is 5.70. The number of nitriles is 1.